The first-order chi connectivity index (χ1) is 9.51. The summed E-state index contributed by atoms with van der Waals surface area (Å²) in [5.41, 5.74) is 0.0346. The molecule has 2 unspecified atom stereocenters. The summed E-state index contributed by atoms with van der Waals surface area (Å²) in [5.74, 6) is -5.52. The van der Waals surface area contributed by atoms with Crippen LogP contribution >= 0.6 is 0 Å². The maximum atomic E-state index is 12.8. The van der Waals surface area contributed by atoms with Crippen LogP contribution in [0.5, 0.6) is 11.5 Å². The molecule has 1 aliphatic rings. The van der Waals surface area contributed by atoms with Crippen LogP contribution in [-0.4, -0.2) is 23.0 Å². The van der Waals surface area contributed by atoms with Gasteiger partial charge in [-0.15, -0.1) is 0 Å². The number of carboxylic acids is 1. The Hall–Kier alpha value is -1.92. The number of ether oxygens (including phenoxy) is 2. The molecule has 0 fully saturated rings. The van der Waals surface area contributed by atoms with Gasteiger partial charge in [0.15, 0.2) is 11.5 Å². The van der Waals surface area contributed by atoms with Crippen molar-refractivity contribution in [3.63, 3.8) is 0 Å². The first-order valence-electron chi connectivity index (χ1n) is 6.33. The number of carbonyl (C=O) groups is 1. The standard InChI is InChI=1S/C14H15F3O4/c1-7(14(15,16)17)11(12(18)19)8-4-5-9-10(6-8)21-13(2,3)20-9/h4-7,11H,1-3H3,(H,18,19). The molecule has 1 aromatic rings. The Labute approximate surface area is 119 Å². The lowest BCUT2D eigenvalue weighted by Gasteiger charge is -2.23. The lowest BCUT2D eigenvalue weighted by molar-refractivity contribution is -0.183. The summed E-state index contributed by atoms with van der Waals surface area (Å²) in [6.07, 6.45) is -4.60. The Bertz CT molecular complexity index is 566. The van der Waals surface area contributed by atoms with Gasteiger partial charge < -0.3 is 14.6 Å². The first-order valence-corrected chi connectivity index (χ1v) is 6.33. The number of alkyl halides is 3. The van der Waals surface area contributed by atoms with E-state index in [1.165, 1.54) is 18.2 Å². The summed E-state index contributed by atoms with van der Waals surface area (Å²) in [6.45, 7) is 4.16. The summed E-state index contributed by atoms with van der Waals surface area (Å²) in [5, 5.41) is 9.14. The molecule has 2 atom stereocenters. The molecule has 2 rings (SSSR count). The van der Waals surface area contributed by atoms with E-state index in [1.807, 2.05) is 0 Å². The van der Waals surface area contributed by atoms with Crippen molar-refractivity contribution in [3.05, 3.63) is 23.8 Å². The van der Waals surface area contributed by atoms with Gasteiger partial charge in [-0.05, 0) is 17.7 Å². The van der Waals surface area contributed by atoms with Crippen molar-refractivity contribution in [2.75, 3.05) is 0 Å². The SMILES string of the molecule is CC(C(C(=O)O)c1ccc2c(c1)OC(C)(C)O2)C(F)(F)F. The predicted octanol–water partition coefficient (Wildman–Crippen LogP) is 3.56. The largest absolute Gasteiger partial charge is 0.481 e. The molecule has 21 heavy (non-hydrogen) atoms. The summed E-state index contributed by atoms with van der Waals surface area (Å²) < 4.78 is 49.3. The van der Waals surface area contributed by atoms with Gasteiger partial charge >= 0.3 is 12.1 Å². The molecule has 1 heterocycles. The second kappa shape index (κ2) is 4.82. The van der Waals surface area contributed by atoms with Gasteiger partial charge in [0.05, 0.1) is 11.8 Å². The molecule has 1 N–H and O–H groups in total. The van der Waals surface area contributed by atoms with Gasteiger partial charge in [0.2, 0.25) is 5.79 Å². The maximum absolute atomic E-state index is 12.8. The summed E-state index contributed by atoms with van der Waals surface area (Å²) in [6, 6.07) is 4.05. The first kappa shape index (κ1) is 15.5. The minimum absolute atomic E-state index is 0.0346. The Morgan fingerprint density at radius 1 is 1.24 bits per heavy atom. The average molecular weight is 304 g/mol. The Morgan fingerprint density at radius 3 is 2.33 bits per heavy atom. The lowest BCUT2D eigenvalue weighted by atomic mass is 9.86. The van der Waals surface area contributed by atoms with Crippen LogP contribution < -0.4 is 9.47 Å². The minimum Gasteiger partial charge on any atom is -0.481 e. The zero-order chi connectivity index (χ0) is 16.0. The Morgan fingerprint density at radius 2 is 1.81 bits per heavy atom. The molecule has 0 saturated carbocycles. The van der Waals surface area contributed by atoms with Gasteiger partial charge in [-0.2, -0.15) is 13.2 Å². The van der Waals surface area contributed by atoms with Gasteiger partial charge in [0.1, 0.15) is 0 Å². The summed E-state index contributed by atoms with van der Waals surface area (Å²) in [7, 11) is 0. The van der Waals surface area contributed by atoms with Gasteiger partial charge in [-0.25, -0.2) is 0 Å². The molecule has 1 aromatic carbocycles. The highest BCUT2D eigenvalue weighted by Crippen LogP contribution is 2.43. The number of hydrogen-bond donors (Lipinski definition) is 1. The van der Waals surface area contributed by atoms with E-state index in [-0.39, 0.29) is 11.3 Å². The van der Waals surface area contributed by atoms with E-state index < -0.39 is 29.8 Å². The maximum Gasteiger partial charge on any atom is 0.392 e. The highest BCUT2D eigenvalue weighted by atomic mass is 19.4. The fourth-order valence-electron chi connectivity index (χ4n) is 2.27. The number of rotatable bonds is 3. The smallest absolute Gasteiger partial charge is 0.392 e. The fraction of sp³-hybridized carbons (Fsp3) is 0.500. The van der Waals surface area contributed by atoms with Crippen molar-refractivity contribution < 1.29 is 32.5 Å². The van der Waals surface area contributed by atoms with Gasteiger partial charge in [-0.1, -0.05) is 13.0 Å². The number of fused-ring (bicyclic) bond motifs is 1. The molecular formula is C14H15F3O4. The second-order valence-corrected chi connectivity index (χ2v) is 5.46. The molecule has 0 radical (unpaired) electrons. The van der Waals surface area contributed by atoms with Crippen LogP contribution in [0.3, 0.4) is 0 Å². The molecule has 0 aromatic heterocycles. The van der Waals surface area contributed by atoms with E-state index in [4.69, 9.17) is 14.6 Å². The van der Waals surface area contributed by atoms with Crippen LogP contribution in [0, 0.1) is 5.92 Å². The quantitative estimate of drug-likeness (QED) is 0.927. The van der Waals surface area contributed by atoms with E-state index in [0.29, 0.717) is 5.75 Å². The van der Waals surface area contributed by atoms with Crippen LogP contribution in [-0.2, 0) is 4.79 Å². The van der Waals surface area contributed by atoms with Crippen molar-refractivity contribution in [1.82, 2.24) is 0 Å². The highest BCUT2D eigenvalue weighted by Gasteiger charge is 2.45. The third-order valence-electron chi connectivity index (χ3n) is 3.32. The monoisotopic (exact) mass is 304 g/mol. The van der Waals surface area contributed by atoms with Crippen LogP contribution in [0.2, 0.25) is 0 Å². The van der Waals surface area contributed by atoms with Crippen molar-refractivity contribution in [1.29, 1.82) is 0 Å². The second-order valence-electron chi connectivity index (χ2n) is 5.46. The molecule has 0 spiro atoms. The van der Waals surface area contributed by atoms with Crippen molar-refractivity contribution in [2.45, 2.75) is 38.7 Å². The third-order valence-corrected chi connectivity index (χ3v) is 3.32. The van der Waals surface area contributed by atoms with Gasteiger partial charge in [-0.3, -0.25) is 4.79 Å². The van der Waals surface area contributed by atoms with Crippen molar-refractivity contribution >= 4 is 5.97 Å². The molecule has 7 heteroatoms. The van der Waals surface area contributed by atoms with E-state index in [2.05, 4.69) is 0 Å². The average Bonchev–Trinajstić information content (AvgIpc) is 2.60. The zero-order valence-electron chi connectivity index (χ0n) is 11.7. The number of aliphatic carboxylic acids is 1. The minimum atomic E-state index is -4.60. The van der Waals surface area contributed by atoms with Crippen molar-refractivity contribution in [3.8, 4) is 11.5 Å². The Balaban J connectivity index is 2.38. The molecule has 0 saturated heterocycles. The normalized spacial score (nSPS) is 19.1. The van der Waals surface area contributed by atoms with E-state index in [9.17, 15) is 18.0 Å². The predicted molar refractivity (Wildman–Crippen MR) is 67.4 cm³/mol. The van der Waals surface area contributed by atoms with Crippen LogP contribution in [0.1, 0.15) is 32.3 Å². The molecule has 116 valence electrons. The topological polar surface area (TPSA) is 55.8 Å². The highest BCUT2D eigenvalue weighted by molar-refractivity contribution is 5.77. The van der Waals surface area contributed by atoms with Gasteiger partial charge in [0.25, 0.3) is 0 Å². The van der Waals surface area contributed by atoms with Gasteiger partial charge in [0, 0.05) is 13.8 Å². The number of carboxylic acid groups (broad SMARTS) is 1. The molecule has 4 nitrogen and oxygen atoms in total. The molecule has 0 aliphatic carbocycles. The third kappa shape index (κ3) is 3.06. The number of benzene rings is 1. The molecule has 0 bridgehead atoms. The lowest BCUT2D eigenvalue weighted by Crippen LogP contribution is -2.31. The van der Waals surface area contributed by atoms with Crippen molar-refractivity contribution in [2.24, 2.45) is 5.92 Å². The molecule has 0 amide bonds. The van der Waals surface area contributed by atoms with E-state index in [0.717, 1.165) is 6.92 Å². The number of halogens is 3. The summed E-state index contributed by atoms with van der Waals surface area (Å²) >= 11 is 0. The molecule has 1 aliphatic heterocycles. The van der Waals surface area contributed by atoms with Crippen LogP contribution in [0.15, 0.2) is 18.2 Å². The summed E-state index contributed by atoms with van der Waals surface area (Å²) in [4.78, 5) is 11.2. The molecular weight excluding hydrogens is 289 g/mol. The zero-order valence-corrected chi connectivity index (χ0v) is 11.7. The van der Waals surface area contributed by atoms with Crippen LogP contribution in [0.25, 0.3) is 0 Å². The van der Waals surface area contributed by atoms with Crippen LogP contribution in [0.4, 0.5) is 13.2 Å². The van der Waals surface area contributed by atoms with E-state index >= 15 is 0 Å². The fourth-order valence-corrected chi connectivity index (χ4v) is 2.27. The van der Waals surface area contributed by atoms with E-state index in [1.54, 1.807) is 13.8 Å². The Kier molecular flexibility index (Phi) is 3.55. The number of hydrogen-bond acceptors (Lipinski definition) is 3.